The van der Waals surface area contributed by atoms with Crippen LogP contribution in [0.2, 0.25) is 0 Å². The quantitative estimate of drug-likeness (QED) is 0.590. The number of hydrogen-bond acceptors (Lipinski definition) is 2. The van der Waals surface area contributed by atoms with Crippen molar-refractivity contribution in [3.05, 3.63) is 0 Å². The Bertz CT molecular complexity index is 387. The molecule has 0 saturated heterocycles. The number of rotatable bonds is 5. The molecule has 4 heteroatoms. The first-order valence-corrected chi connectivity index (χ1v) is 3.13. The average molecular weight is 186 g/mol. The van der Waals surface area contributed by atoms with Crippen LogP contribution in [0.15, 0.2) is 0 Å². The van der Waals surface area contributed by atoms with Crippen molar-refractivity contribution in [3.63, 3.8) is 0 Å². The Morgan fingerprint density at radius 1 is 1.75 bits per heavy atom. The Kier molecular flexibility index (Phi) is 1.09. The van der Waals surface area contributed by atoms with Gasteiger partial charge in [-0.05, 0) is 6.92 Å². The van der Waals surface area contributed by atoms with Crippen molar-refractivity contribution >= 4 is 5.97 Å². The standard InChI is InChI=1S/C8H17NO3/c1-4-9(2,3)6-7(10)5-8(11)12/h7,10H,4-6H2,1-3H3/p+1/t7-/m1/s1/i2D3,3D3,4D2,6D2. The number of aliphatic hydroxyl groups excluding tert-OH is 1. The molecule has 0 aromatic heterocycles. The van der Waals surface area contributed by atoms with Crippen LogP contribution in [0.25, 0.3) is 0 Å². The minimum Gasteiger partial charge on any atom is -0.481 e. The first-order chi connectivity index (χ1) is 9.34. The fourth-order valence-electron chi connectivity index (χ4n) is 0.499. The first kappa shape index (κ1) is 2.96. The van der Waals surface area contributed by atoms with E-state index in [9.17, 15) is 9.90 Å². The van der Waals surface area contributed by atoms with Crippen LogP contribution in [0, 0.1) is 0 Å². The molecule has 1 atom stereocenters. The Morgan fingerprint density at radius 2 is 2.33 bits per heavy atom. The maximum atomic E-state index is 10.6. The number of carbonyl (C=O) groups is 1. The van der Waals surface area contributed by atoms with Crippen LogP contribution in [0.1, 0.15) is 27.1 Å². The number of carboxylic acids is 1. The van der Waals surface area contributed by atoms with E-state index in [2.05, 4.69) is 0 Å². The molecule has 0 unspecified atom stereocenters. The van der Waals surface area contributed by atoms with Gasteiger partial charge in [0.2, 0.25) is 0 Å². The van der Waals surface area contributed by atoms with Crippen LogP contribution in [0.5, 0.6) is 0 Å². The molecule has 0 aliphatic heterocycles. The van der Waals surface area contributed by atoms with Crippen molar-refractivity contribution in [2.24, 2.45) is 0 Å². The Labute approximate surface area is 87.1 Å². The summed E-state index contributed by atoms with van der Waals surface area (Å²) in [7, 11) is 0. The summed E-state index contributed by atoms with van der Waals surface area (Å²) in [6.45, 7) is -13.7. The number of aliphatic carboxylic acids is 1. The van der Waals surface area contributed by atoms with Crippen molar-refractivity contribution in [3.8, 4) is 0 Å². The lowest BCUT2D eigenvalue weighted by Crippen LogP contribution is -2.45. The third-order valence-electron chi connectivity index (χ3n) is 1.05. The van der Waals surface area contributed by atoms with Gasteiger partial charge >= 0.3 is 5.97 Å². The minimum absolute atomic E-state index is 0.553. The molecule has 0 radical (unpaired) electrons. The van der Waals surface area contributed by atoms with E-state index < -0.39 is 49.9 Å². The molecule has 4 nitrogen and oxygen atoms in total. The van der Waals surface area contributed by atoms with Crippen molar-refractivity contribution < 1.29 is 33.2 Å². The maximum Gasteiger partial charge on any atom is 0.306 e. The van der Waals surface area contributed by atoms with E-state index in [0.717, 1.165) is 0 Å². The van der Waals surface area contributed by atoms with Crippen LogP contribution in [0.3, 0.4) is 0 Å². The molecule has 0 aliphatic carbocycles. The van der Waals surface area contributed by atoms with Crippen LogP contribution >= 0.6 is 0 Å². The Balaban J connectivity index is 6.61. The van der Waals surface area contributed by atoms with Crippen LogP contribution in [-0.2, 0) is 4.79 Å². The summed E-state index contributed by atoms with van der Waals surface area (Å²) < 4.78 is 72.3. The van der Waals surface area contributed by atoms with Gasteiger partial charge in [0.1, 0.15) is 12.6 Å². The van der Waals surface area contributed by atoms with Gasteiger partial charge in [-0.15, -0.1) is 0 Å². The molecule has 0 heterocycles. The third kappa shape index (κ3) is 5.09. The SMILES string of the molecule is [2H]C([2H])([2H])[N+](C([2H])([2H])[2H])(C([2H])([2H])C)C([2H])([2H])[C@H](O)CC(=O)O. The van der Waals surface area contributed by atoms with E-state index in [1.54, 1.807) is 0 Å². The highest BCUT2D eigenvalue weighted by Gasteiger charge is 2.20. The summed E-state index contributed by atoms with van der Waals surface area (Å²) in [5.74, 6) is -1.69. The van der Waals surface area contributed by atoms with Crippen LogP contribution in [-0.4, -0.2) is 53.7 Å². The lowest BCUT2D eigenvalue weighted by atomic mass is 10.2. The Morgan fingerprint density at radius 3 is 2.67 bits per heavy atom. The van der Waals surface area contributed by atoms with E-state index in [1.165, 1.54) is 0 Å². The normalized spacial score (nSPS) is 31.2. The summed E-state index contributed by atoms with van der Waals surface area (Å²) in [6.07, 6.45) is -3.84. The molecular weight excluding hydrogens is 158 g/mol. The van der Waals surface area contributed by atoms with E-state index in [0.29, 0.717) is 6.92 Å². The molecule has 0 rings (SSSR count). The zero-order chi connectivity index (χ0) is 18.4. The zero-order valence-electron chi connectivity index (χ0n) is 16.5. The molecule has 0 aliphatic rings. The third-order valence-corrected chi connectivity index (χ3v) is 1.05. The molecule has 2 N–H and O–H groups in total. The number of hydrogen-bond donors (Lipinski definition) is 2. The minimum atomic E-state index is -3.74. The van der Waals surface area contributed by atoms with E-state index in [-0.39, 0.29) is 0 Å². The molecule has 0 aromatic rings. The van der Waals surface area contributed by atoms with E-state index in [1.807, 2.05) is 0 Å². The Hall–Kier alpha value is -0.610. The fraction of sp³-hybridized carbons (Fsp3) is 0.875. The predicted octanol–water partition coefficient (Wildman–Crippen LogP) is -0.0817. The number of quaternary nitrogens is 1. The fourth-order valence-corrected chi connectivity index (χ4v) is 0.499. The van der Waals surface area contributed by atoms with Gasteiger partial charge in [0.15, 0.2) is 0 Å². The summed E-state index contributed by atoms with van der Waals surface area (Å²) in [5, 5.41) is 18.3. The molecule has 0 amide bonds. The lowest BCUT2D eigenvalue weighted by molar-refractivity contribution is -0.891. The van der Waals surface area contributed by atoms with Gasteiger partial charge in [-0.25, -0.2) is 0 Å². The van der Waals surface area contributed by atoms with Crippen molar-refractivity contribution in [1.29, 1.82) is 0 Å². The summed E-state index contributed by atoms with van der Waals surface area (Å²) >= 11 is 0. The summed E-state index contributed by atoms with van der Waals surface area (Å²) in [5.41, 5.74) is 0. The summed E-state index contributed by atoms with van der Waals surface area (Å²) in [4.78, 5) is 10.6. The van der Waals surface area contributed by atoms with Gasteiger partial charge in [0.05, 0.1) is 40.6 Å². The van der Waals surface area contributed by atoms with Gasteiger partial charge in [0.25, 0.3) is 0 Å². The van der Waals surface area contributed by atoms with Crippen molar-refractivity contribution in [2.45, 2.75) is 19.4 Å². The van der Waals surface area contributed by atoms with E-state index >= 15 is 0 Å². The number of aliphatic hydroxyl groups is 1. The van der Waals surface area contributed by atoms with Crippen LogP contribution < -0.4 is 0 Å². The molecule has 72 valence electrons. The zero-order valence-corrected chi connectivity index (χ0v) is 6.53. The molecule has 0 fully saturated rings. The van der Waals surface area contributed by atoms with E-state index in [4.69, 9.17) is 18.8 Å². The molecule has 0 saturated carbocycles. The molecular formula is C8H18NO3+. The van der Waals surface area contributed by atoms with Gasteiger partial charge in [0, 0.05) is 0 Å². The smallest absolute Gasteiger partial charge is 0.306 e. The highest BCUT2D eigenvalue weighted by atomic mass is 16.4. The highest BCUT2D eigenvalue weighted by Crippen LogP contribution is 2.01. The second-order valence-electron chi connectivity index (χ2n) is 2.14. The predicted molar refractivity (Wildman–Crippen MR) is 45.8 cm³/mol. The second kappa shape index (κ2) is 4.42. The first-order valence-electron chi connectivity index (χ1n) is 8.13. The van der Waals surface area contributed by atoms with Gasteiger partial charge in [-0.1, -0.05) is 0 Å². The van der Waals surface area contributed by atoms with Gasteiger partial charge in [-0.2, -0.15) is 0 Å². The number of likely N-dealkylation sites (N-methyl/N-ethyl adjacent to an activating group) is 1. The molecule has 12 heavy (non-hydrogen) atoms. The number of carboxylic acid groups (broad SMARTS) is 1. The molecule has 0 spiro atoms. The van der Waals surface area contributed by atoms with Gasteiger partial charge in [-0.3, -0.25) is 4.79 Å². The van der Waals surface area contributed by atoms with Crippen molar-refractivity contribution in [2.75, 3.05) is 26.9 Å². The monoisotopic (exact) mass is 186 g/mol. The maximum absolute atomic E-state index is 10.6. The second-order valence-corrected chi connectivity index (χ2v) is 2.14. The molecule has 0 bridgehead atoms. The average Bonchev–Trinajstić information content (AvgIpc) is 2.07. The number of nitrogens with zero attached hydrogens (tertiary/aromatic N) is 1. The van der Waals surface area contributed by atoms with Gasteiger partial charge < -0.3 is 14.7 Å². The van der Waals surface area contributed by atoms with Crippen molar-refractivity contribution in [1.82, 2.24) is 0 Å². The highest BCUT2D eigenvalue weighted by molar-refractivity contribution is 5.67. The van der Waals surface area contributed by atoms with Crippen LogP contribution in [0.4, 0.5) is 0 Å². The lowest BCUT2D eigenvalue weighted by Gasteiger charge is -2.29. The topological polar surface area (TPSA) is 57.5 Å². The summed E-state index contributed by atoms with van der Waals surface area (Å²) in [6, 6.07) is 0. The molecule has 0 aromatic carbocycles. The largest absolute Gasteiger partial charge is 0.481 e.